The fourth-order valence-corrected chi connectivity index (χ4v) is 5.31. The van der Waals surface area contributed by atoms with Gasteiger partial charge in [-0.05, 0) is 59.8 Å². The zero-order valence-electron chi connectivity index (χ0n) is 10.6. The van der Waals surface area contributed by atoms with Gasteiger partial charge in [0.25, 0.3) is 0 Å². The molecular weight excluding hydrogens is 308 g/mol. The summed E-state index contributed by atoms with van der Waals surface area (Å²) in [6, 6.07) is 5.63. The van der Waals surface area contributed by atoms with Gasteiger partial charge >= 0.3 is 0 Å². The number of thiophene rings is 1. The highest BCUT2D eigenvalue weighted by atomic mass is 79.9. The minimum Gasteiger partial charge on any atom is -0.329 e. The molecule has 0 amide bonds. The average molecular weight is 329 g/mol. The van der Waals surface area contributed by atoms with Crippen molar-refractivity contribution in [1.82, 2.24) is 4.90 Å². The van der Waals surface area contributed by atoms with Crippen molar-refractivity contribution < 1.29 is 0 Å². The van der Waals surface area contributed by atoms with Gasteiger partial charge in [-0.2, -0.15) is 0 Å². The number of likely N-dealkylation sites (tertiary alicyclic amines) is 1. The van der Waals surface area contributed by atoms with Gasteiger partial charge in [-0.25, -0.2) is 0 Å². The lowest BCUT2D eigenvalue weighted by Crippen LogP contribution is -2.40. The molecular formula is C14H21BrN2S. The van der Waals surface area contributed by atoms with E-state index < -0.39 is 0 Å². The fraction of sp³-hybridized carbons (Fsp3) is 0.714. The van der Waals surface area contributed by atoms with E-state index in [1.807, 2.05) is 11.3 Å². The third-order valence-electron chi connectivity index (χ3n) is 4.60. The summed E-state index contributed by atoms with van der Waals surface area (Å²) in [6.45, 7) is 1.99. The zero-order chi connectivity index (χ0) is 12.5. The van der Waals surface area contributed by atoms with E-state index in [0.717, 1.165) is 18.5 Å². The van der Waals surface area contributed by atoms with E-state index in [1.54, 1.807) is 0 Å². The van der Waals surface area contributed by atoms with Gasteiger partial charge in [0.1, 0.15) is 0 Å². The Balaban J connectivity index is 1.79. The van der Waals surface area contributed by atoms with Crippen LogP contribution in [0.5, 0.6) is 0 Å². The van der Waals surface area contributed by atoms with Crippen LogP contribution in [0.2, 0.25) is 0 Å². The molecule has 1 aliphatic carbocycles. The Labute approximate surface area is 122 Å². The number of fused-ring (bicyclic) bond motifs is 1. The summed E-state index contributed by atoms with van der Waals surface area (Å²) in [5, 5.41) is 0. The number of rotatable bonds is 3. The lowest BCUT2D eigenvalue weighted by atomic mass is 9.85. The van der Waals surface area contributed by atoms with Crippen molar-refractivity contribution >= 4 is 27.3 Å². The predicted octanol–water partition coefficient (Wildman–Crippen LogP) is 3.77. The molecule has 2 aliphatic rings. The molecule has 3 rings (SSSR count). The first-order chi connectivity index (χ1) is 8.79. The summed E-state index contributed by atoms with van der Waals surface area (Å²) < 4.78 is 1.22. The molecule has 0 aromatic carbocycles. The largest absolute Gasteiger partial charge is 0.329 e. The van der Waals surface area contributed by atoms with Crippen molar-refractivity contribution in [2.24, 2.45) is 11.7 Å². The number of nitrogens with two attached hydrogens (primary N) is 1. The van der Waals surface area contributed by atoms with Crippen molar-refractivity contribution in [2.45, 2.75) is 44.2 Å². The van der Waals surface area contributed by atoms with Crippen LogP contribution in [-0.4, -0.2) is 24.0 Å². The predicted molar refractivity (Wildman–Crippen MR) is 80.9 cm³/mol. The summed E-state index contributed by atoms with van der Waals surface area (Å²) in [5.41, 5.74) is 6.07. The van der Waals surface area contributed by atoms with Crippen LogP contribution in [0, 0.1) is 5.92 Å². The molecule has 2 N–H and O–H groups in total. The smallest absolute Gasteiger partial charge is 0.0702 e. The van der Waals surface area contributed by atoms with Crippen LogP contribution in [0.25, 0.3) is 0 Å². The summed E-state index contributed by atoms with van der Waals surface area (Å²) in [4.78, 5) is 4.12. The summed E-state index contributed by atoms with van der Waals surface area (Å²) in [5.74, 6) is 0.941. The highest BCUT2D eigenvalue weighted by molar-refractivity contribution is 9.11. The molecule has 3 atom stereocenters. The van der Waals surface area contributed by atoms with Crippen LogP contribution in [0.1, 0.15) is 43.0 Å². The SMILES string of the molecule is NCC(c1ccc(Br)s1)N1CCC2CCCCC21. The Morgan fingerprint density at radius 1 is 1.33 bits per heavy atom. The van der Waals surface area contributed by atoms with E-state index >= 15 is 0 Å². The van der Waals surface area contributed by atoms with Crippen LogP contribution >= 0.6 is 27.3 Å². The van der Waals surface area contributed by atoms with Crippen LogP contribution in [-0.2, 0) is 0 Å². The molecule has 18 heavy (non-hydrogen) atoms. The summed E-state index contributed by atoms with van der Waals surface area (Å²) >= 11 is 5.41. The maximum Gasteiger partial charge on any atom is 0.0702 e. The van der Waals surface area contributed by atoms with Gasteiger partial charge in [0.2, 0.25) is 0 Å². The van der Waals surface area contributed by atoms with Crippen molar-refractivity contribution in [1.29, 1.82) is 0 Å². The maximum atomic E-state index is 6.07. The van der Waals surface area contributed by atoms with Crippen LogP contribution in [0.15, 0.2) is 15.9 Å². The molecule has 1 aliphatic heterocycles. The number of hydrogen-bond acceptors (Lipinski definition) is 3. The van der Waals surface area contributed by atoms with Crippen LogP contribution < -0.4 is 5.73 Å². The Kier molecular flexibility index (Phi) is 4.09. The first-order valence-electron chi connectivity index (χ1n) is 7.00. The molecule has 4 heteroatoms. The van der Waals surface area contributed by atoms with Gasteiger partial charge in [-0.1, -0.05) is 12.8 Å². The second kappa shape index (κ2) is 5.61. The minimum atomic E-state index is 0.439. The van der Waals surface area contributed by atoms with Gasteiger partial charge in [0, 0.05) is 17.5 Å². The van der Waals surface area contributed by atoms with E-state index in [9.17, 15) is 0 Å². The molecule has 2 fully saturated rings. The van der Waals surface area contributed by atoms with E-state index in [2.05, 4.69) is 33.0 Å². The van der Waals surface area contributed by atoms with Gasteiger partial charge in [0.05, 0.1) is 9.83 Å². The molecule has 100 valence electrons. The van der Waals surface area contributed by atoms with E-state index in [4.69, 9.17) is 5.73 Å². The third-order valence-corrected chi connectivity index (χ3v) is 6.32. The molecule has 2 heterocycles. The van der Waals surface area contributed by atoms with E-state index in [1.165, 1.54) is 47.3 Å². The molecule has 1 aromatic heterocycles. The van der Waals surface area contributed by atoms with E-state index in [0.29, 0.717) is 6.04 Å². The van der Waals surface area contributed by atoms with Gasteiger partial charge in [-0.15, -0.1) is 11.3 Å². The summed E-state index contributed by atoms with van der Waals surface area (Å²) in [7, 11) is 0. The molecule has 0 radical (unpaired) electrons. The first-order valence-corrected chi connectivity index (χ1v) is 8.61. The van der Waals surface area contributed by atoms with E-state index in [-0.39, 0.29) is 0 Å². The van der Waals surface area contributed by atoms with Crippen molar-refractivity contribution in [2.75, 3.05) is 13.1 Å². The number of halogens is 1. The quantitative estimate of drug-likeness (QED) is 0.914. The molecule has 0 bridgehead atoms. The highest BCUT2D eigenvalue weighted by Crippen LogP contribution is 2.41. The Morgan fingerprint density at radius 2 is 2.17 bits per heavy atom. The Hall–Kier alpha value is 0.1000. The standard InChI is InChI=1S/C14H21BrN2S/c15-14-6-5-13(18-14)12(9-16)17-8-7-10-3-1-2-4-11(10)17/h5-6,10-12H,1-4,7-9,16H2. The molecule has 1 saturated carbocycles. The number of hydrogen-bond donors (Lipinski definition) is 1. The molecule has 3 unspecified atom stereocenters. The normalized spacial score (nSPS) is 30.3. The van der Waals surface area contributed by atoms with Gasteiger partial charge < -0.3 is 5.73 Å². The number of nitrogens with zero attached hydrogens (tertiary/aromatic N) is 1. The fourth-order valence-electron chi connectivity index (χ4n) is 3.75. The topological polar surface area (TPSA) is 29.3 Å². The lowest BCUT2D eigenvalue weighted by Gasteiger charge is -2.36. The second-order valence-corrected chi connectivity index (χ2v) is 8.03. The van der Waals surface area contributed by atoms with Gasteiger partial charge in [-0.3, -0.25) is 4.90 Å². The van der Waals surface area contributed by atoms with Crippen molar-refractivity contribution in [3.63, 3.8) is 0 Å². The highest BCUT2D eigenvalue weighted by Gasteiger charge is 2.39. The first kappa shape index (κ1) is 13.1. The Bertz CT molecular complexity index is 406. The maximum absolute atomic E-state index is 6.07. The lowest BCUT2D eigenvalue weighted by molar-refractivity contribution is 0.137. The molecule has 1 aromatic rings. The van der Waals surface area contributed by atoms with Crippen LogP contribution in [0.3, 0.4) is 0 Å². The van der Waals surface area contributed by atoms with Crippen molar-refractivity contribution in [3.8, 4) is 0 Å². The molecule has 1 saturated heterocycles. The van der Waals surface area contributed by atoms with Crippen molar-refractivity contribution in [3.05, 3.63) is 20.8 Å². The summed E-state index contributed by atoms with van der Waals surface area (Å²) in [6.07, 6.45) is 7.05. The second-order valence-electron chi connectivity index (χ2n) is 5.53. The molecule has 2 nitrogen and oxygen atoms in total. The minimum absolute atomic E-state index is 0.439. The monoisotopic (exact) mass is 328 g/mol. The average Bonchev–Trinajstić information content (AvgIpc) is 2.98. The van der Waals surface area contributed by atoms with Crippen LogP contribution in [0.4, 0.5) is 0 Å². The Morgan fingerprint density at radius 3 is 2.89 bits per heavy atom. The molecule has 0 spiro atoms. The zero-order valence-corrected chi connectivity index (χ0v) is 13.0. The third kappa shape index (κ3) is 2.40. The van der Waals surface area contributed by atoms with Gasteiger partial charge in [0.15, 0.2) is 0 Å².